The highest BCUT2D eigenvalue weighted by molar-refractivity contribution is 5.97. The van der Waals surface area contributed by atoms with Gasteiger partial charge in [-0.25, -0.2) is 0 Å². The van der Waals surface area contributed by atoms with E-state index in [9.17, 15) is 9.59 Å². The summed E-state index contributed by atoms with van der Waals surface area (Å²) in [4.78, 5) is 24.5. The van der Waals surface area contributed by atoms with Crippen LogP contribution in [0, 0.1) is 0 Å². The van der Waals surface area contributed by atoms with Gasteiger partial charge in [0.25, 0.3) is 0 Å². The zero-order valence-electron chi connectivity index (χ0n) is 16.2. The zero-order valence-corrected chi connectivity index (χ0v) is 16.2. The van der Waals surface area contributed by atoms with Crippen LogP contribution in [0.5, 0.6) is 0 Å². The van der Waals surface area contributed by atoms with Gasteiger partial charge < -0.3 is 10.6 Å². The predicted molar refractivity (Wildman–Crippen MR) is 115 cm³/mol. The maximum Gasteiger partial charge on any atom is 0.228 e. The van der Waals surface area contributed by atoms with Crippen molar-refractivity contribution >= 4 is 34.0 Å². The number of fused-ring (bicyclic) bond motifs is 1. The zero-order chi connectivity index (χ0) is 19.8. The second-order valence-electron chi connectivity index (χ2n) is 6.95. The summed E-state index contributed by atoms with van der Waals surface area (Å²) >= 11 is 0. The van der Waals surface area contributed by atoms with Gasteiger partial charge in [-0.05, 0) is 41.0 Å². The summed E-state index contributed by atoms with van der Waals surface area (Å²) in [5.74, 6) is -0.0737. The molecule has 28 heavy (non-hydrogen) atoms. The van der Waals surface area contributed by atoms with Crippen LogP contribution in [0.15, 0.2) is 66.7 Å². The number of anilines is 2. The molecule has 0 atom stereocenters. The number of rotatable bonds is 8. The molecule has 0 unspecified atom stereocenters. The van der Waals surface area contributed by atoms with Crippen LogP contribution in [0.25, 0.3) is 10.8 Å². The Kier molecular flexibility index (Phi) is 6.79. The third-order valence-electron chi connectivity index (χ3n) is 4.67. The molecule has 0 bridgehead atoms. The van der Waals surface area contributed by atoms with E-state index >= 15 is 0 Å². The van der Waals surface area contributed by atoms with Crippen molar-refractivity contribution in [3.05, 3.63) is 72.3 Å². The van der Waals surface area contributed by atoms with Crippen molar-refractivity contribution in [2.24, 2.45) is 0 Å². The summed E-state index contributed by atoms with van der Waals surface area (Å²) in [6.07, 6.45) is 3.85. The maximum atomic E-state index is 12.5. The largest absolute Gasteiger partial charge is 0.326 e. The molecule has 3 aromatic carbocycles. The van der Waals surface area contributed by atoms with Crippen molar-refractivity contribution in [2.75, 3.05) is 10.6 Å². The van der Waals surface area contributed by atoms with Crippen LogP contribution in [0.3, 0.4) is 0 Å². The van der Waals surface area contributed by atoms with Crippen LogP contribution in [0.1, 0.15) is 38.2 Å². The Morgan fingerprint density at radius 3 is 2.25 bits per heavy atom. The molecule has 4 heteroatoms. The quantitative estimate of drug-likeness (QED) is 0.509. The van der Waals surface area contributed by atoms with Gasteiger partial charge in [0.1, 0.15) is 0 Å². The molecular weight excluding hydrogens is 348 g/mol. The molecule has 2 N–H and O–H groups in total. The molecule has 0 aromatic heterocycles. The molecule has 0 aliphatic rings. The standard InChI is InChI=1S/C24H26N2O2/c1-2-3-4-15-23(27)25-20-12-8-13-21(17-20)26-24(28)16-19-11-7-10-18-9-5-6-14-22(18)19/h5-14,17H,2-4,15-16H2,1H3,(H,25,27)(H,26,28). The van der Waals surface area contributed by atoms with E-state index in [-0.39, 0.29) is 11.8 Å². The molecule has 0 saturated carbocycles. The Hall–Kier alpha value is -3.14. The van der Waals surface area contributed by atoms with Crippen molar-refractivity contribution in [2.45, 2.75) is 39.0 Å². The molecule has 0 aliphatic carbocycles. The Balaban J connectivity index is 1.62. The fourth-order valence-corrected chi connectivity index (χ4v) is 3.26. The van der Waals surface area contributed by atoms with Crippen LogP contribution in [0.4, 0.5) is 11.4 Å². The van der Waals surface area contributed by atoms with E-state index in [0.29, 0.717) is 24.2 Å². The van der Waals surface area contributed by atoms with Gasteiger partial charge in [-0.3, -0.25) is 9.59 Å². The van der Waals surface area contributed by atoms with Gasteiger partial charge in [0.2, 0.25) is 11.8 Å². The van der Waals surface area contributed by atoms with Crippen molar-refractivity contribution < 1.29 is 9.59 Å². The molecule has 3 rings (SSSR count). The van der Waals surface area contributed by atoms with Gasteiger partial charge in [-0.2, -0.15) is 0 Å². The lowest BCUT2D eigenvalue weighted by Crippen LogP contribution is -2.15. The lowest BCUT2D eigenvalue weighted by molar-refractivity contribution is -0.116. The molecule has 0 radical (unpaired) electrons. The second kappa shape index (κ2) is 9.70. The Morgan fingerprint density at radius 1 is 0.786 bits per heavy atom. The average molecular weight is 374 g/mol. The number of amides is 2. The molecule has 0 spiro atoms. The molecule has 3 aromatic rings. The topological polar surface area (TPSA) is 58.2 Å². The van der Waals surface area contributed by atoms with Gasteiger partial charge in [-0.1, -0.05) is 68.3 Å². The van der Waals surface area contributed by atoms with E-state index in [1.165, 1.54) is 0 Å². The lowest BCUT2D eigenvalue weighted by atomic mass is 10.0. The molecule has 0 aliphatic heterocycles. The summed E-state index contributed by atoms with van der Waals surface area (Å²) in [5.41, 5.74) is 2.37. The summed E-state index contributed by atoms with van der Waals surface area (Å²) in [6.45, 7) is 2.11. The first kappa shape index (κ1) is 19.6. The number of unbranched alkanes of at least 4 members (excludes halogenated alkanes) is 2. The predicted octanol–water partition coefficient (Wildman–Crippen LogP) is 5.54. The highest BCUT2D eigenvalue weighted by atomic mass is 16.2. The van der Waals surface area contributed by atoms with Crippen LogP contribution in [-0.4, -0.2) is 11.8 Å². The van der Waals surface area contributed by atoms with E-state index in [4.69, 9.17) is 0 Å². The number of hydrogen-bond acceptors (Lipinski definition) is 2. The highest BCUT2D eigenvalue weighted by Gasteiger charge is 2.08. The summed E-state index contributed by atoms with van der Waals surface area (Å²) in [6, 6.07) is 21.3. The minimum absolute atomic E-state index is 0.00711. The van der Waals surface area contributed by atoms with Gasteiger partial charge in [-0.15, -0.1) is 0 Å². The van der Waals surface area contributed by atoms with Crippen LogP contribution in [-0.2, 0) is 16.0 Å². The Labute approximate surface area is 166 Å². The van der Waals surface area contributed by atoms with E-state index in [1.807, 2.05) is 60.7 Å². The monoisotopic (exact) mass is 374 g/mol. The number of benzene rings is 3. The first-order valence-corrected chi connectivity index (χ1v) is 9.82. The van der Waals surface area contributed by atoms with Crippen molar-refractivity contribution in [3.8, 4) is 0 Å². The van der Waals surface area contributed by atoms with Gasteiger partial charge in [0.05, 0.1) is 6.42 Å². The van der Waals surface area contributed by atoms with E-state index in [0.717, 1.165) is 35.6 Å². The van der Waals surface area contributed by atoms with Gasteiger partial charge >= 0.3 is 0 Å². The van der Waals surface area contributed by atoms with Gasteiger partial charge in [0, 0.05) is 17.8 Å². The Morgan fingerprint density at radius 2 is 1.46 bits per heavy atom. The normalized spacial score (nSPS) is 10.6. The third-order valence-corrected chi connectivity index (χ3v) is 4.67. The third kappa shape index (κ3) is 5.43. The van der Waals surface area contributed by atoms with E-state index in [1.54, 1.807) is 6.07 Å². The highest BCUT2D eigenvalue weighted by Crippen LogP contribution is 2.20. The fraction of sp³-hybridized carbons (Fsp3) is 0.250. The SMILES string of the molecule is CCCCCC(=O)Nc1cccc(NC(=O)Cc2cccc3ccccc23)c1. The number of carbonyl (C=O) groups excluding carboxylic acids is 2. The number of hydrogen-bond donors (Lipinski definition) is 2. The summed E-state index contributed by atoms with van der Waals surface area (Å²) < 4.78 is 0. The molecule has 0 saturated heterocycles. The van der Waals surface area contributed by atoms with Crippen molar-refractivity contribution in [3.63, 3.8) is 0 Å². The van der Waals surface area contributed by atoms with Crippen molar-refractivity contribution in [1.29, 1.82) is 0 Å². The minimum atomic E-state index is -0.0808. The molecule has 4 nitrogen and oxygen atoms in total. The first-order chi connectivity index (χ1) is 13.7. The van der Waals surface area contributed by atoms with E-state index in [2.05, 4.69) is 17.6 Å². The minimum Gasteiger partial charge on any atom is -0.326 e. The molecular formula is C24H26N2O2. The molecule has 0 heterocycles. The summed E-state index contributed by atoms with van der Waals surface area (Å²) in [5, 5.41) is 8.05. The average Bonchev–Trinajstić information content (AvgIpc) is 2.69. The molecule has 2 amide bonds. The van der Waals surface area contributed by atoms with Gasteiger partial charge in [0.15, 0.2) is 0 Å². The second-order valence-corrected chi connectivity index (χ2v) is 6.95. The van der Waals surface area contributed by atoms with E-state index < -0.39 is 0 Å². The fourth-order valence-electron chi connectivity index (χ4n) is 3.26. The summed E-state index contributed by atoms with van der Waals surface area (Å²) in [7, 11) is 0. The Bertz CT molecular complexity index is 960. The molecule has 144 valence electrons. The van der Waals surface area contributed by atoms with Crippen molar-refractivity contribution in [1.82, 2.24) is 0 Å². The maximum absolute atomic E-state index is 12.5. The molecule has 0 fully saturated rings. The first-order valence-electron chi connectivity index (χ1n) is 9.82. The lowest BCUT2D eigenvalue weighted by Gasteiger charge is -2.10. The van der Waals surface area contributed by atoms with Crippen LogP contribution in [0.2, 0.25) is 0 Å². The number of nitrogens with one attached hydrogen (secondary N) is 2. The van der Waals surface area contributed by atoms with Crippen LogP contribution >= 0.6 is 0 Å². The van der Waals surface area contributed by atoms with Crippen LogP contribution < -0.4 is 10.6 Å². The number of carbonyl (C=O) groups is 2. The smallest absolute Gasteiger partial charge is 0.228 e.